The van der Waals surface area contributed by atoms with Gasteiger partial charge in [-0.1, -0.05) is 0 Å². The topological polar surface area (TPSA) is 33.2 Å². The van der Waals surface area contributed by atoms with Crippen molar-refractivity contribution in [1.82, 2.24) is 9.88 Å². The number of piperidine rings is 1. The lowest BCUT2D eigenvalue weighted by atomic mass is 9.99. The lowest BCUT2D eigenvalue weighted by Crippen LogP contribution is -2.46. The number of carbonyl (C=O) groups excluding carboxylic acids is 1. The van der Waals surface area contributed by atoms with Gasteiger partial charge in [-0.2, -0.15) is 0 Å². The molecule has 0 saturated carbocycles. The monoisotopic (exact) mass is 224 g/mol. The van der Waals surface area contributed by atoms with E-state index in [4.69, 9.17) is 0 Å². The van der Waals surface area contributed by atoms with Crippen LogP contribution in [0.15, 0.2) is 11.6 Å². The third kappa shape index (κ3) is 2.11. The third-order valence-electron chi connectivity index (χ3n) is 3.07. The Morgan fingerprint density at radius 1 is 1.40 bits per heavy atom. The van der Waals surface area contributed by atoms with Gasteiger partial charge in [-0.05, 0) is 13.8 Å². The van der Waals surface area contributed by atoms with Crippen LogP contribution in [-0.2, 0) is 10.3 Å². The fraction of sp³-hybridized carbons (Fsp3) is 0.636. The molecule has 15 heavy (non-hydrogen) atoms. The Kier molecular flexibility index (Phi) is 2.89. The standard InChI is InChI=1S/C11H16N2OS/c1-11(2,10-12-5-8-15-10)13-6-3-9(14)4-7-13/h5,8H,3-4,6-7H2,1-2H3. The molecule has 1 saturated heterocycles. The Labute approximate surface area is 94.1 Å². The molecule has 1 fully saturated rings. The molecule has 1 aliphatic heterocycles. The molecule has 0 atom stereocenters. The van der Waals surface area contributed by atoms with E-state index in [0.29, 0.717) is 18.6 Å². The van der Waals surface area contributed by atoms with E-state index in [-0.39, 0.29) is 5.54 Å². The average molecular weight is 224 g/mol. The van der Waals surface area contributed by atoms with E-state index in [9.17, 15) is 4.79 Å². The summed E-state index contributed by atoms with van der Waals surface area (Å²) in [4.78, 5) is 17.9. The summed E-state index contributed by atoms with van der Waals surface area (Å²) in [6, 6.07) is 0. The number of carbonyl (C=O) groups is 1. The first-order chi connectivity index (χ1) is 7.10. The maximum atomic E-state index is 11.2. The van der Waals surface area contributed by atoms with Gasteiger partial charge in [0.1, 0.15) is 10.8 Å². The van der Waals surface area contributed by atoms with E-state index >= 15 is 0 Å². The smallest absolute Gasteiger partial charge is 0.135 e. The van der Waals surface area contributed by atoms with Gasteiger partial charge in [0, 0.05) is 37.5 Å². The predicted molar refractivity (Wildman–Crippen MR) is 61.0 cm³/mol. The quantitative estimate of drug-likeness (QED) is 0.771. The molecule has 1 aromatic rings. The highest BCUT2D eigenvalue weighted by Gasteiger charge is 2.33. The molecule has 1 aliphatic rings. The molecule has 4 heteroatoms. The first-order valence-electron chi connectivity index (χ1n) is 5.27. The molecule has 0 radical (unpaired) electrons. The highest BCUT2D eigenvalue weighted by molar-refractivity contribution is 7.09. The van der Waals surface area contributed by atoms with Crippen LogP contribution in [0.1, 0.15) is 31.7 Å². The number of aromatic nitrogens is 1. The van der Waals surface area contributed by atoms with Gasteiger partial charge in [0.25, 0.3) is 0 Å². The zero-order valence-corrected chi connectivity index (χ0v) is 10.0. The van der Waals surface area contributed by atoms with Gasteiger partial charge in [0.05, 0.1) is 5.54 Å². The molecule has 0 aliphatic carbocycles. The fourth-order valence-electron chi connectivity index (χ4n) is 1.98. The van der Waals surface area contributed by atoms with Crippen LogP contribution in [0, 0.1) is 0 Å². The average Bonchev–Trinajstić information content (AvgIpc) is 2.71. The van der Waals surface area contributed by atoms with E-state index in [1.807, 2.05) is 11.6 Å². The zero-order chi connectivity index (χ0) is 10.9. The second-order valence-corrected chi connectivity index (χ2v) is 5.32. The lowest BCUT2D eigenvalue weighted by Gasteiger charge is -2.39. The van der Waals surface area contributed by atoms with Crippen LogP contribution in [0.3, 0.4) is 0 Å². The van der Waals surface area contributed by atoms with Crippen molar-refractivity contribution in [2.24, 2.45) is 0 Å². The maximum absolute atomic E-state index is 11.2. The molecule has 2 rings (SSSR count). The molecule has 0 bridgehead atoms. The van der Waals surface area contributed by atoms with Gasteiger partial charge >= 0.3 is 0 Å². The number of rotatable bonds is 2. The van der Waals surface area contributed by atoms with Crippen LogP contribution in [0.25, 0.3) is 0 Å². The van der Waals surface area contributed by atoms with Crippen LogP contribution < -0.4 is 0 Å². The summed E-state index contributed by atoms with van der Waals surface area (Å²) in [6.07, 6.45) is 3.22. The van der Waals surface area contributed by atoms with Gasteiger partial charge in [-0.3, -0.25) is 9.69 Å². The highest BCUT2D eigenvalue weighted by Crippen LogP contribution is 2.30. The van der Waals surface area contributed by atoms with Crippen molar-refractivity contribution in [3.05, 3.63) is 16.6 Å². The number of thiazole rings is 1. The van der Waals surface area contributed by atoms with E-state index in [2.05, 4.69) is 23.7 Å². The summed E-state index contributed by atoms with van der Waals surface area (Å²) in [5.74, 6) is 0.390. The van der Waals surface area contributed by atoms with Crippen molar-refractivity contribution < 1.29 is 4.79 Å². The molecular weight excluding hydrogens is 208 g/mol. The van der Waals surface area contributed by atoms with Crippen molar-refractivity contribution in [3.63, 3.8) is 0 Å². The van der Waals surface area contributed by atoms with Crippen molar-refractivity contribution >= 4 is 17.1 Å². The van der Waals surface area contributed by atoms with Crippen LogP contribution in [0.2, 0.25) is 0 Å². The van der Waals surface area contributed by atoms with Crippen LogP contribution in [-0.4, -0.2) is 28.8 Å². The van der Waals surface area contributed by atoms with E-state index in [1.54, 1.807) is 11.3 Å². The maximum Gasteiger partial charge on any atom is 0.135 e. The van der Waals surface area contributed by atoms with Crippen molar-refractivity contribution in [1.29, 1.82) is 0 Å². The number of likely N-dealkylation sites (tertiary alicyclic amines) is 1. The Bertz CT molecular complexity index is 335. The van der Waals surface area contributed by atoms with Crippen LogP contribution in [0.5, 0.6) is 0 Å². The first-order valence-corrected chi connectivity index (χ1v) is 6.15. The van der Waals surface area contributed by atoms with Gasteiger partial charge < -0.3 is 0 Å². The summed E-state index contributed by atoms with van der Waals surface area (Å²) < 4.78 is 0. The second kappa shape index (κ2) is 4.02. The van der Waals surface area contributed by atoms with E-state index in [1.165, 1.54) is 0 Å². The highest BCUT2D eigenvalue weighted by atomic mass is 32.1. The summed E-state index contributed by atoms with van der Waals surface area (Å²) in [6.45, 7) is 6.10. The SMILES string of the molecule is CC(C)(c1nccs1)N1CCC(=O)CC1. The number of hydrogen-bond acceptors (Lipinski definition) is 4. The number of nitrogens with zero attached hydrogens (tertiary/aromatic N) is 2. The Balaban J connectivity index is 2.12. The molecule has 0 N–H and O–H groups in total. The summed E-state index contributed by atoms with van der Waals surface area (Å²) >= 11 is 1.69. The van der Waals surface area contributed by atoms with Crippen LogP contribution in [0.4, 0.5) is 0 Å². The minimum absolute atomic E-state index is 0.0329. The summed E-state index contributed by atoms with van der Waals surface area (Å²) in [5.41, 5.74) is -0.0329. The van der Waals surface area contributed by atoms with Crippen molar-refractivity contribution in [3.8, 4) is 0 Å². The summed E-state index contributed by atoms with van der Waals surface area (Å²) in [5, 5.41) is 3.14. The largest absolute Gasteiger partial charge is 0.300 e. The fourth-order valence-corrected chi connectivity index (χ4v) is 2.77. The minimum atomic E-state index is -0.0329. The van der Waals surface area contributed by atoms with Gasteiger partial charge in [-0.25, -0.2) is 4.98 Å². The molecule has 2 heterocycles. The van der Waals surface area contributed by atoms with Crippen molar-refractivity contribution in [2.45, 2.75) is 32.2 Å². The Hall–Kier alpha value is -0.740. The molecule has 0 unspecified atom stereocenters. The van der Waals surface area contributed by atoms with E-state index in [0.717, 1.165) is 18.1 Å². The molecule has 0 spiro atoms. The van der Waals surface area contributed by atoms with Gasteiger partial charge in [0.15, 0.2) is 0 Å². The Morgan fingerprint density at radius 3 is 2.60 bits per heavy atom. The Morgan fingerprint density at radius 2 is 2.07 bits per heavy atom. The molecule has 0 aromatic carbocycles. The first kappa shape index (κ1) is 10.8. The van der Waals surface area contributed by atoms with Gasteiger partial charge in [0.2, 0.25) is 0 Å². The molecule has 82 valence electrons. The molecule has 0 amide bonds. The molecular formula is C11H16N2OS. The normalized spacial score (nSPS) is 19.5. The zero-order valence-electron chi connectivity index (χ0n) is 9.19. The van der Waals surface area contributed by atoms with Crippen molar-refractivity contribution in [2.75, 3.05) is 13.1 Å². The predicted octanol–water partition coefficient (Wildman–Crippen LogP) is 2.04. The second-order valence-electron chi connectivity index (χ2n) is 4.42. The minimum Gasteiger partial charge on any atom is -0.300 e. The number of hydrogen-bond donors (Lipinski definition) is 0. The number of ketones is 1. The van der Waals surface area contributed by atoms with Gasteiger partial charge in [-0.15, -0.1) is 11.3 Å². The van der Waals surface area contributed by atoms with Crippen LogP contribution >= 0.6 is 11.3 Å². The molecule has 3 nitrogen and oxygen atoms in total. The number of Topliss-reactive ketones (excluding diaryl/α,β-unsaturated/α-hetero) is 1. The third-order valence-corrected chi connectivity index (χ3v) is 4.15. The lowest BCUT2D eigenvalue weighted by molar-refractivity contribution is -0.122. The van der Waals surface area contributed by atoms with E-state index < -0.39 is 0 Å². The molecule has 1 aromatic heterocycles. The summed E-state index contributed by atoms with van der Waals surface area (Å²) in [7, 11) is 0.